The van der Waals surface area contributed by atoms with Gasteiger partial charge in [-0.1, -0.05) is 36.0 Å². The van der Waals surface area contributed by atoms with Gasteiger partial charge in [0.2, 0.25) is 0 Å². The van der Waals surface area contributed by atoms with Crippen molar-refractivity contribution >= 4 is 40.9 Å². The number of amides is 2. The summed E-state index contributed by atoms with van der Waals surface area (Å²) in [6.45, 7) is 1.41. The van der Waals surface area contributed by atoms with Gasteiger partial charge < -0.3 is 15.3 Å². The highest BCUT2D eigenvalue weighted by Crippen LogP contribution is 2.32. The van der Waals surface area contributed by atoms with E-state index in [9.17, 15) is 9.59 Å². The molecule has 0 saturated carbocycles. The van der Waals surface area contributed by atoms with E-state index >= 15 is 0 Å². The van der Waals surface area contributed by atoms with E-state index in [1.54, 1.807) is 4.90 Å². The van der Waals surface area contributed by atoms with Crippen molar-refractivity contribution in [1.82, 2.24) is 4.90 Å². The van der Waals surface area contributed by atoms with E-state index in [1.807, 2.05) is 0 Å². The summed E-state index contributed by atoms with van der Waals surface area (Å²) in [6.07, 6.45) is 4.21. The molecule has 2 rings (SSSR count). The molecule has 2 N–H and O–H groups in total. The van der Waals surface area contributed by atoms with Crippen LogP contribution in [0.4, 0.5) is 10.5 Å². The first-order valence-electron chi connectivity index (χ1n) is 6.77. The number of nitrogens with zero attached hydrogens (tertiary/aromatic N) is 1. The van der Waals surface area contributed by atoms with Crippen LogP contribution in [-0.4, -0.2) is 35.1 Å². The Morgan fingerprint density at radius 3 is 2.05 bits per heavy atom. The first kappa shape index (κ1) is 15.9. The molecule has 0 radical (unpaired) electrons. The molecular formula is C14H16Cl2N2O3. The second kappa shape index (κ2) is 7.00. The van der Waals surface area contributed by atoms with Gasteiger partial charge in [0, 0.05) is 13.1 Å². The number of aromatic carboxylic acids is 1. The Kier molecular flexibility index (Phi) is 5.31. The van der Waals surface area contributed by atoms with Crippen LogP contribution in [0.3, 0.4) is 0 Å². The summed E-state index contributed by atoms with van der Waals surface area (Å²) in [4.78, 5) is 24.9. The number of rotatable bonds is 2. The zero-order chi connectivity index (χ0) is 15.4. The lowest BCUT2D eigenvalue weighted by Crippen LogP contribution is -2.35. The lowest BCUT2D eigenvalue weighted by atomic mass is 10.2. The smallest absolute Gasteiger partial charge is 0.335 e. The largest absolute Gasteiger partial charge is 0.478 e. The third kappa shape index (κ3) is 4.02. The van der Waals surface area contributed by atoms with Crippen molar-refractivity contribution in [2.45, 2.75) is 25.7 Å². The molecule has 114 valence electrons. The molecular weight excluding hydrogens is 315 g/mol. The minimum absolute atomic E-state index is 0.0160. The quantitative estimate of drug-likeness (QED) is 0.857. The predicted octanol–water partition coefficient (Wildman–Crippen LogP) is 4.10. The van der Waals surface area contributed by atoms with Gasteiger partial charge >= 0.3 is 12.0 Å². The third-order valence-electron chi connectivity index (χ3n) is 3.41. The minimum Gasteiger partial charge on any atom is -0.478 e. The van der Waals surface area contributed by atoms with Gasteiger partial charge in [-0.2, -0.15) is 0 Å². The van der Waals surface area contributed by atoms with Gasteiger partial charge in [0.05, 0.1) is 21.3 Å². The Morgan fingerprint density at radius 1 is 1.05 bits per heavy atom. The van der Waals surface area contributed by atoms with E-state index in [0.29, 0.717) is 13.1 Å². The molecule has 0 spiro atoms. The number of hydrogen-bond acceptors (Lipinski definition) is 2. The molecule has 1 saturated heterocycles. The summed E-state index contributed by atoms with van der Waals surface area (Å²) in [5, 5.41) is 11.8. The van der Waals surface area contributed by atoms with E-state index in [1.165, 1.54) is 12.1 Å². The highest BCUT2D eigenvalue weighted by atomic mass is 35.5. The summed E-state index contributed by atoms with van der Waals surface area (Å²) < 4.78 is 0. The van der Waals surface area contributed by atoms with Crippen molar-refractivity contribution in [2.75, 3.05) is 18.4 Å². The molecule has 1 aliphatic heterocycles. The molecule has 0 bridgehead atoms. The van der Waals surface area contributed by atoms with Gasteiger partial charge in [-0.25, -0.2) is 9.59 Å². The van der Waals surface area contributed by atoms with Gasteiger partial charge in [0.25, 0.3) is 0 Å². The number of hydrogen-bond donors (Lipinski definition) is 2. The van der Waals surface area contributed by atoms with Crippen LogP contribution < -0.4 is 5.32 Å². The maximum absolute atomic E-state index is 12.2. The first-order valence-corrected chi connectivity index (χ1v) is 7.53. The molecule has 5 nitrogen and oxygen atoms in total. The number of urea groups is 1. The molecule has 2 amide bonds. The van der Waals surface area contributed by atoms with Gasteiger partial charge in [-0.15, -0.1) is 0 Å². The van der Waals surface area contributed by atoms with E-state index < -0.39 is 5.97 Å². The zero-order valence-corrected chi connectivity index (χ0v) is 12.9. The Hall–Kier alpha value is -1.46. The Balaban J connectivity index is 2.15. The number of anilines is 1. The van der Waals surface area contributed by atoms with Crippen LogP contribution in [0.25, 0.3) is 0 Å². The number of carbonyl (C=O) groups is 2. The summed E-state index contributed by atoms with van der Waals surface area (Å²) >= 11 is 12.0. The molecule has 0 unspecified atom stereocenters. The number of carboxylic acid groups (broad SMARTS) is 1. The van der Waals surface area contributed by atoms with Crippen molar-refractivity contribution in [1.29, 1.82) is 0 Å². The molecule has 7 heteroatoms. The molecule has 0 aromatic heterocycles. The lowest BCUT2D eigenvalue weighted by Gasteiger charge is -2.21. The number of carbonyl (C=O) groups excluding carboxylic acids is 1. The Bertz CT molecular complexity index is 532. The number of nitrogens with one attached hydrogen (secondary N) is 1. The van der Waals surface area contributed by atoms with Gasteiger partial charge in [0.1, 0.15) is 0 Å². The Labute approximate surface area is 132 Å². The van der Waals surface area contributed by atoms with Crippen molar-refractivity contribution < 1.29 is 14.7 Å². The van der Waals surface area contributed by atoms with Gasteiger partial charge in [-0.05, 0) is 25.0 Å². The van der Waals surface area contributed by atoms with E-state index in [2.05, 4.69) is 5.32 Å². The monoisotopic (exact) mass is 330 g/mol. The topological polar surface area (TPSA) is 69.6 Å². The normalized spacial score (nSPS) is 15.4. The average molecular weight is 331 g/mol. The fraction of sp³-hybridized carbons (Fsp3) is 0.429. The summed E-state index contributed by atoms with van der Waals surface area (Å²) in [5.41, 5.74) is 0.232. The van der Waals surface area contributed by atoms with Crippen molar-refractivity contribution in [2.24, 2.45) is 0 Å². The molecule has 1 aromatic carbocycles. The second-order valence-electron chi connectivity index (χ2n) is 4.95. The number of halogens is 2. The van der Waals surface area contributed by atoms with Crippen molar-refractivity contribution in [3.05, 3.63) is 27.7 Å². The molecule has 0 aliphatic carbocycles. The standard InChI is InChI=1S/C14H16Cl2N2O3/c15-10-7-9(13(19)20)8-11(16)12(10)17-14(21)18-5-3-1-2-4-6-18/h7-8H,1-6H2,(H,17,21)(H,19,20). The molecule has 1 aliphatic rings. The van der Waals surface area contributed by atoms with Crippen LogP contribution in [0.1, 0.15) is 36.0 Å². The van der Waals surface area contributed by atoms with Crippen LogP contribution >= 0.6 is 23.2 Å². The lowest BCUT2D eigenvalue weighted by molar-refractivity contribution is 0.0697. The van der Waals surface area contributed by atoms with E-state index in [4.69, 9.17) is 28.3 Å². The molecule has 1 aromatic rings. The predicted molar refractivity (Wildman–Crippen MR) is 82.5 cm³/mol. The van der Waals surface area contributed by atoms with Gasteiger partial charge in [-0.3, -0.25) is 0 Å². The zero-order valence-electron chi connectivity index (χ0n) is 11.4. The molecule has 1 heterocycles. The highest BCUT2D eigenvalue weighted by molar-refractivity contribution is 6.40. The highest BCUT2D eigenvalue weighted by Gasteiger charge is 2.19. The second-order valence-corrected chi connectivity index (χ2v) is 5.77. The first-order chi connectivity index (χ1) is 9.99. The number of carboxylic acids is 1. The maximum atomic E-state index is 12.2. The number of likely N-dealkylation sites (tertiary alicyclic amines) is 1. The fourth-order valence-corrected chi connectivity index (χ4v) is 2.86. The molecule has 21 heavy (non-hydrogen) atoms. The third-order valence-corrected chi connectivity index (χ3v) is 4.01. The summed E-state index contributed by atoms with van der Waals surface area (Å²) in [6, 6.07) is 2.28. The SMILES string of the molecule is O=C(O)c1cc(Cl)c(NC(=O)N2CCCCCC2)c(Cl)c1. The summed E-state index contributed by atoms with van der Waals surface area (Å²) in [5.74, 6) is -1.12. The molecule has 1 fully saturated rings. The average Bonchev–Trinajstić information content (AvgIpc) is 2.71. The summed E-state index contributed by atoms with van der Waals surface area (Å²) in [7, 11) is 0. The number of benzene rings is 1. The van der Waals surface area contributed by atoms with Crippen LogP contribution in [0.2, 0.25) is 10.0 Å². The van der Waals surface area contributed by atoms with E-state index in [-0.39, 0.29) is 27.3 Å². The van der Waals surface area contributed by atoms with Crippen molar-refractivity contribution in [3.63, 3.8) is 0 Å². The van der Waals surface area contributed by atoms with Crippen molar-refractivity contribution in [3.8, 4) is 0 Å². The van der Waals surface area contributed by atoms with Gasteiger partial charge in [0.15, 0.2) is 0 Å². The van der Waals surface area contributed by atoms with Crippen LogP contribution in [0.5, 0.6) is 0 Å². The van der Waals surface area contributed by atoms with Crippen LogP contribution in [0, 0.1) is 0 Å². The Morgan fingerprint density at radius 2 is 1.57 bits per heavy atom. The van der Waals surface area contributed by atoms with Crippen LogP contribution in [0.15, 0.2) is 12.1 Å². The maximum Gasteiger partial charge on any atom is 0.335 e. The molecule has 0 atom stereocenters. The fourth-order valence-electron chi connectivity index (χ4n) is 2.28. The van der Waals surface area contributed by atoms with E-state index in [0.717, 1.165) is 25.7 Å². The van der Waals surface area contributed by atoms with Crippen LogP contribution in [-0.2, 0) is 0 Å². The minimum atomic E-state index is -1.12.